The van der Waals surface area contributed by atoms with Crippen molar-refractivity contribution in [3.05, 3.63) is 63.6 Å². The van der Waals surface area contributed by atoms with E-state index in [1.54, 1.807) is 6.07 Å². The first kappa shape index (κ1) is 19.6. The van der Waals surface area contributed by atoms with Crippen LogP contribution in [0.1, 0.15) is 31.4 Å². The number of amides is 1. The molecule has 5 heteroatoms. The topological polar surface area (TPSA) is 32.3 Å². The first-order chi connectivity index (χ1) is 12.0. The number of halogens is 2. The normalized spacial score (nSPS) is 10.6. The number of anilines is 1. The Labute approximate surface area is 159 Å². The van der Waals surface area contributed by atoms with Crippen LogP contribution in [-0.4, -0.2) is 19.0 Å². The van der Waals surface area contributed by atoms with Crippen molar-refractivity contribution in [1.82, 2.24) is 5.32 Å². The van der Waals surface area contributed by atoms with Gasteiger partial charge in [0.1, 0.15) is 0 Å². The lowest BCUT2D eigenvalue weighted by molar-refractivity contribution is -0.121. The zero-order valence-electron chi connectivity index (χ0n) is 14.7. The lowest BCUT2D eigenvalue weighted by atomic mass is 10.1. The summed E-state index contributed by atoms with van der Waals surface area (Å²) in [6.07, 6.45) is 1.07. The highest BCUT2D eigenvalue weighted by atomic mass is 35.5. The number of rotatable bonds is 8. The van der Waals surface area contributed by atoms with Crippen LogP contribution >= 0.6 is 23.2 Å². The molecule has 0 saturated heterocycles. The van der Waals surface area contributed by atoms with Crippen molar-refractivity contribution in [3.8, 4) is 0 Å². The summed E-state index contributed by atoms with van der Waals surface area (Å²) in [6, 6.07) is 13.8. The van der Waals surface area contributed by atoms with Gasteiger partial charge in [-0.25, -0.2) is 0 Å². The second-order valence-corrected chi connectivity index (χ2v) is 6.68. The van der Waals surface area contributed by atoms with Crippen molar-refractivity contribution >= 4 is 34.8 Å². The molecule has 0 atom stereocenters. The summed E-state index contributed by atoms with van der Waals surface area (Å²) in [6.45, 7) is 6.80. The van der Waals surface area contributed by atoms with E-state index >= 15 is 0 Å². The van der Waals surface area contributed by atoms with E-state index in [0.29, 0.717) is 29.4 Å². The maximum absolute atomic E-state index is 12.0. The molecule has 3 nitrogen and oxygen atoms in total. The van der Waals surface area contributed by atoms with Crippen LogP contribution in [-0.2, 0) is 17.8 Å². The van der Waals surface area contributed by atoms with Crippen LogP contribution in [0.4, 0.5) is 5.69 Å². The molecule has 2 rings (SSSR count). The van der Waals surface area contributed by atoms with Gasteiger partial charge in [-0.15, -0.1) is 0 Å². The van der Waals surface area contributed by atoms with Gasteiger partial charge < -0.3 is 10.2 Å². The van der Waals surface area contributed by atoms with Crippen LogP contribution in [0, 0.1) is 0 Å². The molecule has 0 aliphatic heterocycles. The van der Waals surface area contributed by atoms with Crippen LogP contribution in [0.5, 0.6) is 0 Å². The molecule has 0 bridgehead atoms. The second-order valence-electron chi connectivity index (χ2n) is 5.86. The van der Waals surface area contributed by atoms with Crippen molar-refractivity contribution in [2.45, 2.75) is 33.2 Å². The summed E-state index contributed by atoms with van der Waals surface area (Å²) in [4.78, 5) is 14.3. The van der Waals surface area contributed by atoms with Gasteiger partial charge in [-0.1, -0.05) is 41.4 Å². The van der Waals surface area contributed by atoms with Gasteiger partial charge in [0.15, 0.2) is 0 Å². The Balaban J connectivity index is 1.80. The van der Waals surface area contributed by atoms with Gasteiger partial charge in [0.25, 0.3) is 0 Å². The van der Waals surface area contributed by atoms with Gasteiger partial charge >= 0.3 is 0 Å². The highest BCUT2D eigenvalue weighted by Gasteiger charge is 2.05. The summed E-state index contributed by atoms with van der Waals surface area (Å²) in [5.41, 5.74) is 3.31. The number of hydrogen-bond donors (Lipinski definition) is 1. The van der Waals surface area contributed by atoms with Gasteiger partial charge in [-0.2, -0.15) is 0 Å². The maximum Gasteiger partial charge on any atom is 0.220 e. The Kier molecular flexibility index (Phi) is 7.60. The molecule has 0 spiro atoms. The maximum atomic E-state index is 12.0. The summed E-state index contributed by atoms with van der Waals surface area (Å²) < 4.78 is 0. The first-order valence-electron chi connectivity index (χ1n) is 8.58. The lowest BCUT2D eigenvalue weighted by Gasteiger charge is -2.21. The van der Waals surface area contributed by atoms with E-state index in [4.69, 9.17) is 23.2 Å². The van der Waals surface area contributed by atoms with E-state index < -0.39 is 0 Å². The van der Waals surface area contributed by atoms with Crippen molar-refractivity contribution < 1.29 is 4.79 Å². The highest BCUT2D eigenvalue weighted by molar-refractivity contribution is 6.42. The Bertz CT molecular complexity index is 697. The lowest BCUT2D eigenvalue weighted by Crippen LogP contribution is -2.23. The summed E-state index contributed by atoms with van der Waals surface area (Å²) >= 11 is 11.9. The molecule has 25 heavy (non-hydrogen) atoms. The van der Waals surface area contributed by atoms with Gasteiger partial charge in [0.05, 0.1) is 10.0 Å². The Morgan fingerprint density at radius 1 is 0.960 bits per heavy atom. The van der Waals surface area contributed by atoms with Crippen LogP contribution in [0.3, 0.4) is 0 Å². The average molecular weight is 379 g/mol. The molecule has 134 valence electrons. The Morgan fingerprint density at radius 3 is 2.20 bits per heavy atom. The SMILES string of the molecule is CCN(CC)c1ccc(CNC(=O)CCc2ccc(Cl)c(Cl)c2)cc1. The second kappa shape index (κ2) is 9.69. The molecule has 0 aliphatic rings. The summed E-state index contributed by atoms with van der Waals surface area (Å²) in [5, 5.41) is 4.01. The largest absolute Gasteiger partial charge is 0.372 e. The number of nitrogens with zero attached hydrogens (tertiary/aromatic N) is 1. The molecule has 2 aromatic carbocycles. The van der Waals surface area contributed by atoms with Gasteiger partial charge in [0, 0.05) is 31.7 Å². The highest BCUT2D eigenvalue weighted by Crippen LogP contribution is 2.23. The van der Waals surface area contributed by atoms with Crippen LogP contribution in [0.25, 0.3) is 0 Å². The molecule has 2 aromatic rings. The third-order valence-corrected chi connectivity index (χ3v) is 4.92. The molecule has 0 unspecified atom stereocenters. The minimum atomic E-state index is 0.0268. The quantitative estimate of drug-likeness (QED) is 0.693. The van der Waals surface area contributed by atoms with Crippen LogP contribution in [0.2, 0.25) is 10.0 Å². The Hall–Kier alpha value is -1.71. The van der Waals surface area contributed by atoms with E-state index in [2.05, 4.69) is 48.3 Å². The van der Waals surface area contributed by atoms with Crippen LogP contribution in [0.15, 0.2) is 42.5 Å². The van der Waals surface area contributed by atoms with E-state index in [0.717, 1.165) is 24.2 Å². The smallest absolute Gasteiger partial charge is 0.220 e. The number of carbonyl (C=O) groups excluding carboxylic acids is 1. The Morgan fingerprint density at radius 2 is 1.60 bits per heavy atom. The van der Waals surface area contributed by atoms with E-state index in [1.807, 2.05) is 12.1 Å². The van der Waals surface area contributed by atoms with Crippen molar-refractivity contribution in [2.75, 3.05) is 18.0 Å². The first-order valence-corrected chi connectivity index (χ1v) is 9.33. The van der Waals surface area contributed by atoms with Gasteiger partial charge in [-0.3, -0.25) is 4.79 Å². The fraction of sp³-hybridized carbons (Fsp3) is 0.350. The molecule has 0 aromatic heterocycles. The minimum Gasteiger partial charge on any atom is -0.372 e. The van der Waals surface area contributed by atoms with E-state index in [-0.39, 0.29) is 5.91 Å². The predicted molar refractivity (Wildman–Crippen MR) is 107 cm³/mol. The molecule has 0 heterocycles. The van der Waals surface area contributed by atoms with Gasteiger partial charge in [0.2, 0.25) is 5.91 Å². The monoisotopic (exact) mass is 378 g/mol. The van der Waals surface area contributed by atoms with Crippen LogP contribution < -0.4 is 10.2 Å². The number of carbonyl (C=O) groups is 1. The summed E-state index contributed by atoms with van der Waals surface area (Å²) in [5.74, 6) is 0.0268. The zero-order valence-corrected chi connectivity index (χ0v) is 16.2. The third-order valence-electron chi connectivity index (χ3n) is 4.18. The van der Waals surface area contributed by atoms with Crippen molar-refractivity contribution in [1.29, 1.82) is 0 Å². The standard InChI is InChI=1S/C20H24Cl2N2O/c1-3-24(4-2)17-9-5-16(6-10-17)14-23-20(25)12-8-15-7-11-18(21)19(22)13-15/h5-7,9-11,13H,3-4,8,12,14H2,1-2H3,(H,23,25). The fourth-order valence-electron chi connectivity index (χ4n) is 2.66. The molecular weight excluding hydrogens is 355 g/mol. The van der Waals surface area contributed by atoms with Gasteiger partial charge in [-0.05, 0) is 55.7 Å². The van der Waals surface area contributed by atoms with E-state index in [9.17, 15) is 4.79 Å². The molecular formula is C20H24Cl2N2O. The number of hydrogen-bond acceptors (Lipinski definition) is 2. The molecule has 0 fully saturated rings. The zero-order chi connectivity index (χ0) is 18.2. The summed E-state index contributed by atoms with van der Waals surface area (Å²) in [7, 11) is 0. The molecule has 1 amide bonds. The minimum absolute atomic E-state index is 0.0268. The molecule has 0 aliphatic carbocycles. The molecule has 0 saturated carbocycles. The molecule has 1 N–H and O–H groups in total. The van der Waals surface area contributed by atoms with E-state index in [1.165, 1.54) is 5.69 Å². The number of aryl methyl sites for hydroxylation is 1. The van der Waals surface area contributed by atoms with Crippen molar-refractivity contribution in [2.24, 2.45) is 0 Å². The predicted octanol–water partition coefficient (Wildman–Crippen LogP) is 5.09. The van der Waals surface area contributed by atoms with Crippen molar-refractivity contribution in [3.63, 3.8) is 0 Å². The molecule has 0 radical (unpaired) electrons. The number of nitrogens with one attached hydrogen (secondary N) is 1. The average Bonchev–Trinajstić information content (AvgIpc) is 2.63. The fourth-order valence-corrected chi connectivity index (χ4v) is 2.98. The third kappa shape index (κ3) is 5.94. The number of benzene rings is 2.